The molecule has 0 aliphatic heterocycles. The second kappa shape index (κ2) is 4.76. The first-order valence-electron chi connectivity index (χ1n) is 6.66. The lowest BCUT2D eigenvalue weighted by molar-refractivity contribution is 0.187. The number of aromatic nitrogens is 1. The first-order valence-corrected chi connectivity index (χ1v) is 6.66. The Bertz CT molecular complexity index is 774. The van der Waals surface area contributed by atoms with Gasteiger partial charge in [0.05, 0.1) is 5.69 Å². The Morgan fingerprint density at radius 2 is 1.90 bits per heavy atom. The van der Waals surface area contributed by atoms with Gasteiger partial charge < -0.3 is 9.52 Å². The summed E-state index contributed by atoms with van der Waals surface area (Å²) in [5.74, 6) is 0.536. The smallest absolute Gasteiger partial charge is 0.154 e. The monoisotopic (exact) mass is 267 g/mol. The number of pyridine rings is 1. The van der Waals surface area contributed by atoms with E-state index in [9.17, 15) is 5.11 Å². The van der Waals surface area contributed by atoms with Gasteiger partial charge in [0.1, 0.15) is 11.3 Å². The molecule has 3 nitrogen and oxygen atoms in total. The second-order valence-electron chi connectivity index (χ2n) is 5.26. The van der Waals surface area contributed by atoms with Crippen molar-refractivity contribution in [3.05, 3.63) is 64.7 Å². The van der Waals surface area contributed by atoms with E-state index in [1.165, 1.54) is 0 Å². The molecule has 0 aliphatic rings. The minimum absolute atomic E-state index is 0.536. The Morgan fingerprint density at radius 1 is 1.10 bits per heavy atom. The highest BCUT2D eigenvalue weighted by Crippen LogP contribution is 2.30. The lowest BCUT2D eigenvalue weighted by Crippen LogP contribution is -2.04. The van der Waals surface area contributed by atoms with Crippen molar-refractivity contribution in [3.8, 4) is 0 Å². The van der Waals surface area contributed by atoms with E-state index in [1.54, 1.807) is 6.20 Å². The summed E-state index contributed by atoms with van der Waals surface area (Å²) in [5, 5.41) is 11.5. The van der Waals surface area contributed by atoms with Crippen LogP contribution in [-0.4, -0.2) is 10.1 Å². The van der Waals surface area contributed by atoms with Gasteiger partial charge in [-0.3, -0.25) is 4.98 Å². The van der Waals surface area contributed by atoms with E-state index >= 15 is 0 Å². The molecule has 0 radical (unpaired) electrons. The standard InChI is InChI=1S/C17H17NO2/c1-10-7-12(3)15(18-9-10)16(19)14-8-13-6-4-5-11(2)17(13)20-14/h4-9,16,19H,1-3H3. The molecule has 1 N–H and O–H groups in total. The number of hydrogen-bond donors (Lipinski definition) is 1. The van der Waals surface area contributed by atoms with Gasteiger partial charge in [-0.2, -0.15) is 0 Å². The molecule has 2 heterocycles. The number of aliphatic hydroxyl groups excluding tert-OH is 1. The molecule has 1 unspecified atom stereocenters. The van der Waals surface area contributed by atoms with E-state index in [0.717, 1.165) is 27.7 Å². The molecule has 0 bridgehead atoms. The van der Waals surface area contributed by atoms with E-state index in [1.807, 2.05) is 51.1 Å². The molecular weight excluding hydrogens is 250 g/mol. The zero-order chi connectivity index (χ0) is 14.3. The fraction of sp³-hybridized carbons (Fsp3) is 0.235. The van der Waals surface area contributed by atoms with E-state index in [0.29, 0.717) is 11.5 Å². The number of para-hydroxylation sites is 1. The Kier molecular flexibility index (Phi) is 3.07. The molecule has 0 amide bonds. The van der Waals surface area contributed by atoms with Crippen LogP contribution in [0.4, 0.5) is 0 Å². The highest BCUT2D eigenvalue weighted by Gasteiger charge is 2.19. The summed E-state index contributed by atoms with van der Waals surface area (Å²) in [4.78, 5) is 4.34. The highest BCUT2D eigenvalue weighted by molar-refractivity contribution is 5.81. The van der Waals surface area contributed by atoms with Crippen molar-refractivity contribution >= 4 is 11.0 Å². The number of rotatable bonds is 2. The van der Waals surface area contributed by atoms with Crippen LogP contribution in [-0.2, 0) is 0 Å². The van der Waals surface area contributed by atoms with Crippen molar-refractivity contribution in [1.29, 1.82) is 0 Å². The van der Waals surface area contributed by atoms with Gasteiger partial charge in [-0.15, -0.1) is 0 Å². The van der Waals surface area contributed by atoms with E-state index < -0.39 is 6.10 Å². The fourth-order valence-electron chi connectivity index (χ4n) is 2.51. The van der Waals surface area contributed by atoms with Crippen molar-refractivity contribution in [3.63, 3.8) is 0 Å². The van der Waals surface area contributed by atoms with Crippen molar-refractivity contribution < 1.29 is 9.52 Å². The molecule has 0 aliphatic carbocycles. The summed E-state index contributed by atoms with van der Waals surface area (Å²) in [6.45, 7) is 5.94. The van der Waals surface area contributed by atoms with E-state index in [-0.39, 0.29) is 0 Å². The molecule has 0 spiro atoms. The minimum Gasteiger partial charge on any atom is -0.458 e. The van der Waals surface area contributed by atoms with Crippen molar-refractivity contribution in [2.45, 2.75) is 26.9 Å². The maximum atomic E-state index is 10.5. The molecule has 2 aromatic heterocycles. The molecule has 3 heteroatoms. The van der Waals surface area contributed by atoms with Gasteiger partial charge in [0, 0.05) is 11.6 Å². The Hall–Kier alpha value is -2.13. The lowest BCUT2D eigenvalue weighted by Gasteiger charge is -2.10. The number of aliphatic hydroxyl groups is 1. The molecule has 1 atom stereocenters. The van der Waals surface area contributed by atoms with Gasteiger partial charge in [-0.1, -0.05) is 24.3 Å². The first-order chi connectivity index (χ1) is 9.56. The number of benzene rings is 1. The molecule has 102 valence electrons. The van der Waals surface area contributed by atoms with Gasteiger partial charge >= 0.3 is 0 Å². The summed E-state index contributed by atoms with van der Waals surface area (Å²) in [6.07, 6.45) is 0.932. The lowest BCUT2D eigenvalue weighted by atomic mass is 10.1. The quantitative estimate of drug-likeness (QED) is 0.767. The largest absolute Gasteiger partial charge is 0.458 e. The predicted molar refractivity (Wildman–Crippen MR) is 78.7 cm³/mol. The maximum absolute atomic E-state index is 10.5. The van der Waals surface area contributed by atoms with Crippen LogP contribution in [0.1, 0.15) is 34.2 Å². The molecule has 20 heavy (non-hydrogen) atoms. The second-order valence-corrected chi connectivity index (χ2v) is 5.26. The molecule has 1 aromatic carbocycles. The molecule has 3 aromatic rings. The SMILES string of the molecule is Cc1cnc(C(O)c2cc3cccc(C)c3o2)c(C)c1. The van der Waals surface area contributed by atoms with Gasteiger partial charge in [0.25, 0.3) is 0 Å². The van der Waals surface area contributed by atoms with Crippen molar-refractivity contribution in [2.75, 3.05) is 0 Å². The summed E-state index contributed by atoms with van der Waals surface area (Å²) in [7, 11) is 0. The van der Waals surface area contributed by atoms with Crippen LogP contribution in [0.2, 0.25) is 0 Å². The van der Waals surface area contributed by atoms with Crippen LogP contribution in [0.15, 0.2) is 40.9 Å². The zero-order valence-corrected chi connectivity index (χ0v) is 11.8. The molecule has 0 fully saturated rings. The van der Waals surface area contributed by atoms with Crippen LogP contribution >= 0.6 is 0 Å². The average Bonchev–Trinajstić information content (AvgIpc) is 2.83. The Labute approximate surface area is 117 Å². The number of hydrogen-bond acceptors (Lipinski definition) is 3. The van der Waals surface area contributed by atoms with Gasteiger partial charge in [0.15, 0.2) is 6.10 Å². The van der Waals surface area contributed by atoms with Crippen LogP contribution in [0.25, 0.3) is 11.0 Å². The highest BCUT2D eigenvalue weighted by atomic mass is 16.4. The first kappa shape index (κ1) is 12.9. The van der Waals surface area contributed by atoms with E-state index in [2.05, 4.69) is 4.98 Å². The zero-order valence-electron chi connectivity index (χ0n) is 11.8. The third-order valence-corrected chi connectivity index (χ3v) is 3.54. The number of furan rings is 1. The van der Waals surface area contributed by atoms with Crippen LogP contribution < -0.4 is 0 Å². The Balaban J connectivity index is 2.08. The minimum atomic E-state index is -0.831. The third-order valence-electron chi connectivity index (χ3n) is 3.54. The summed E-state index contributed by atoms with van der Waals surface area (Å²) in [5.41, 5.74) is 4.58. The van der Waals surface area contributed by atoms with Gasteiger partial charge in [-0.25, -0.2) is 0 Å². The number of fused-ring (bicyclic) bond motifs is 1. The summed E-state index contributed by atoms with van der Waals surface area (Å²) in [6, 6.07) is 9.86. The van der Waals surface area contributed by atoms with Crippen LogP contribution in [0.5, 0.6) is 0 Å². The number of nitrogens with zero attached hydrogens (tertiary/aromatic N) is 1. The molecule has 3 rings (SSSR count). The normalized spacial score (nSPS) is 12.8. The summed E-state index contributed by atoms with van der Waals surface area (Å²) < 4.78 is 5.81. The van der Waals surface area contributed by atoms with Crippen LogP contribution in [0, 0.1) is 20.8 Å². The third kappa shape index (κ3) is 2.10. The molecular formula is C17H17NO2. The average molecular weight is 267 g/mol. The Morgan fingerprint density at radius 3 is 2.60 bits per heavy atom. The number of aryl methyl sites for hydroxylation is 3. The predicted octanol–water partition coefficient (Wildman–Crippen LogP) is 3.83. The van der Waals surface area contributed by atoms with Crippen molar-refractivity contribution in [1.82, 2.24) is 4.98 Å². The van der Waals surface area contributed by atoms with Crippen molar-refractivity contribution in [2.24, 2.45) is 0 Å². The molecule has 0 saturated carbocycles. The van der Waals surface area contributed by atoms with Gasteiger partial charge in [-0.05, 0) is 43.5 Å². The maximum Gasteiger partial charge on any atom is 0.154 e. The van der Waals surface area contributed by atoms with E-state index in [4.69, 9.17) is 4.42 Å². The molecule has 0 saturated heterocycles. The van der Waals surface area contributed by atoms with Gasteiger partial charge in [0.2, 0.25) is 0 Å². The topological polar surface area (TPSA) is 46.3 Å². The fourth-order valence-corrected chi connectivity index (χ4v) is 2.51. The summed E-state index contributed by atoms with van der Waals surface area (Å²) >= 11 is 0. The van der Waals surface area contributed by atoms with Crippen LogP contribution in [0.3, 0.4) is 0 Å².